The molecule has 0 atom stereocenters. The monoisotopic (exact) mass is 560 g/mol. The molecular formula is C31H33FN4O3S. The topological polar surface area (TPSA) is 81.8 Å². The van der Waals surface area contributed by atoms with Crippen molar-refractivity contribution in [2.45, 2.75) is 31.3 Å². The van der Waals surface area contributed by atoms with Crippen LogP contribution < -0.4 is 14.9 Å². The Kier molecular flexibility index (Phi) is 8.04. The second-order valence-electron chi connectivity index (χ2n) is 10.3. The van der Waals surface area contributed by atoms with Crippen LogP contribution in [0.1, 0.15) is 29.8 Å². The van der Waals surface area contributed by atoms with E-state index < -0.39 is 10.0 Å². The van der Waals surface area contributed by atoms with Crippen LogP contribution in [0.3, 0.4) is 0 Å². The number of fused-ring (bicyclic) bond motifs is 1. The molecule has 1 fully saturated rings. The van der Waals surface area contributed by atoms with E-state index in [0.29, 0.717) is 17.3 Å². The Morgan fingerprint density at radius 1 is 0.875 bits per heavy atom. The van der Waals surface area contributed by atoms with Crippen LogP contribution in [0.2, 0.25) is 0 Å². The van der Waals surface area contributed by atoms with E-state index >= 15 is 0 Å². The van der Waals surface area contributed by atoms with Crippen molar-refractivity contribution >= 4 is 38.1 Å². The van der Waals surface area contributed by atoms with Gasteiger partial charge in [-0.3, -0.25) is 14.4 Å². The van der Waals surface area contributed by atoms with E-state index in [4.69, 9.17) is 0 Å². The van der Waals surface area contributed by atoms with Crippen LogP contribution in [0.25, 0.3) is 10.8 Å². The molecule has 1 saturated heterocycles. The van der Waals surface area contributed by atoms with Gasteiger partial charge in [0.1, 0.15) is 5.82 Å². The molecular weight excluding hydrogens is 527 g/mol. The number of rotatable bonds is 8. The third-order valence-corrected chi connectivity index (χ3v) is 8.65. The summed E-state index contributed by atoms with van der Waals surface area (Å²) in [6, 6.07) is 24.0. The van der Waals surface area contributed by atoms with Gasteiger partial charge in [0, 0.05) is 44.3 Å². The van der Waals surface area contributed by atoms with Gasteiger partial charge in [-0.1, -0.05) is 42.5 Å². The number of piperazine rings is 1. The third kappa shape index (κ3) is 6.26. The van der Waals surface area contributed by atoms with Crippen LogP contribution in [-0.2, 0) is 16.6 Å². The summed E-state index contributed by atoms with van der Waals surface area (Å²) < 4.78 is 43.1. The first-order valence-electron chi connectivity index (χ1n) is 13.4. The predicted octanol–water partition coefficient (Wildman–Crippen LogP) is 5.24. The number of hydrogen-bond acceptors (Lipinski definition) is 5. The highest BCUT2D eigenvalue weighted by molar-refractivity contribution is 7.92. The summed E-state index contributed by atoms with van der Waals surface area (Å²) in [6.45, 7) is 7.73. The Morgan fingerprint density at radius 2 is 1.57 bits per heavy atom. The summed E-state index contributed by atoms with van der Waals surface area (Å²) in [5.74, 6) is -0.699. The number of carbonyl (C=O) groups excluding carboxylic acids is 1. The molecule has 9 heteroatoms. The van der Waals surface area contributed by atoms with Gasteiger partial charge in [0.2, 0.25) is 0 Å². The molecule has 0 aliphatic carbocycles. The van der Waals surface area contributed by atoms with Gasteiger partial charge < -0.3 is 10.2 Å². The Bertz CT molecular complexity index is 1620. The molecule has 4 aromatic carbocycles. The number of sulfonamides is 1. The number of carbonyl (C=O) groups is 1. The molecule has 1 amide bonds. The molecule has 0 aromatic heterocycles. The van der Waals surface area contributed by atoms with Crippen molar-refractivity contribution in [3.05, 3.63) is 102 Å². The summed E-state index contributed by atoms with van der Waals surface area (Å²) in [6.07, 6.45) is 0. The van der Waals surface area contributed by atoms with Crippen LogP contribution in [0.4, 0.5) is 15.8 Å². The van der Waals surface area contributed by atoms with Gasteiger partial charge in [-0.05, 0) is 72.6 Å². The lowest BCUT2D eigenvalue weighted by molar-refractivity contribution is 0.0951. The SMILES string of the molecule is CC(C)N1CCN(c2ccc(C(=O)NCc3ccc(F)cc3)cc2NS(=O)(=O)c2ccc3ccccc3c2)CC1. The van der Waals surface area contributed by atoms with Gasteiger partial charge in [-0.2, -0.15) is 0 Å². The molecule has 40 heavy (non-hydrogen) atoms. The van der Waals surface area contributed by atoms with E-state index in [2.05, 4.69) is 33.7 Å². The molecule has 4 aromatic rings. The summed E-state index contributed by atoms with van der Waals surface area (Å²) in [5, 5.41) is 4.61. The van der Waals surface area contributed by atoms with Crippen molar-refractivity contribution in [1.29, 1.82) is 0 Å². The van der Waals surface area contributed by atoms with E-state index in [9.17, 15) is 17.6 Å². The fraction of sp³-hybridized carbons (Fsp3) is 0.258. The fourth-order valence-corrected chi connectivity index (χ4v) is 6.04. The van der Waals surface area contributed by atoms with Crippen molar-refractivity contribution in [2.24, 2.45) is 0 Å². The first kappa shape index (κ1) is 27.6. The minimum Gasteiger partial charge on any atom is -0.367 e. The minimum atomic E-state index is -3.95. The number of hydrogen-bond donors (Lipinski definition) is 2. The zero-order chi connectivity index (χ0) is 28.3. The van der Waals surface area contributed by atoms with Gasteiger partial charge in [-0.25, -0.2) is 12.8 Å². The molecule has 2 N–H and O–H groups in total. The van der Waals surface area contributed by atoms with E-state index in [1.165, 1.54) is 12.1 Å². The molecule has 0 saturated carbocycles. The first-order chi connectivity index (χ1) is 19.2. The fourth-order valence-electron chi connectivity index (χ4n) is 4.94. The minimum absolute atomic E-state index is 0.146. The van der Waals surface area contributed by atoms with Crippen LogP contribution in [-0.4, -0.2) is 51.4 Å². The number of nitrogens with zero attached hydrogens (tertiary/aromatic N) is 2. The summed E-state index contributed by atoms with van der Waals surface area (Å²) in [7, 11) is -3.95. The predicted molar refractivity (Wildman–Crippen MR) is 158 cm³/mol. The van der Waals surface area contributed by atoms with Gasteiger partial charge >= 0.3 is 0 Å². The van der Waals surface area contributed by atoms with E-state index in [-0.39, 0.29) is 23.2 Å². The maximum absolute atomic E-state index is 13.6. The van der Waals surface area contributed by atoms with Gasteiger partial charge in [0.25, 0.3) is 15.9 Å². The molecule has 1 heterocycles. The number of benzene rings is 4. The molecule has 208 valence electrons. The molecule has 7 nitrogen and oxygen atoms in total. The average Bonchev–Trinajstić information content (AvgIpc) is 2.96. The second kappa shape index (κ2) is 11.7. The Morgan fingerprint density at radius 3 is 2.27 bits per heavy atom. The number of nitrogens with one attached hydrogen (secondary N) is 2. The van der Waals surface area contributed by atoms with Crippen molar-refractivity contribution in [2.75, 3.05) is 35.8 Å². The van der Waals surface area contributed by atoms with E-state index in [0.717, 1.165) is 48.2 Å². The zero-order valence-corrected chi connectivity index (χ0v) is 23.4. The Labute approximate surface area is 234 Å². The normalized spacial score (nSPS) is 14.4. The molecule has 1 aliphatic heterocycles. The number of anilines is 2. The highest BCUT2D eigenvalue weighted by Gasteiger charge is 2.24. The Hall–Kier alpha value is -3.95. The second-order valence-corrected chi connectivity index (χ2v) is 12.0. The van der Waals surface area contributed by atoms with Crippen LogP contribution >= 0.6 is 0 Å². The standard InChI is InChI=1S/C31H33FN4O3S/c1-22(2)35-15-17-36(18-16-35)30-14-10-26(31(37)33-21-23-7-11-27(32)12-8-23)20-29(30)34-40(38,39)28-13-9-24-5-3-4-6-25(24)19-28/h3-14,19-20,22,34H,15-18,21H2,1-2H3,(H,33,37). The summed E-state index contributed by atoms with van der Waals surface area (Å²) >= 11 is 0. The summed E-state index contributed by atoms with van der Waals surface area (Å²) in [4.78, 5) is 17.7. The highest BCUT2D eigenvalue weighted by Crippen LogP contribution is 2.31. The quantitative estimate of drug-likeness (QED) is 0.308. The zero-order valence-electron chi connectivity index (χ0n) is 22.6. The van der Waals surface area contributed by atoms with Crippen LogP contribution in [0, 0.1) is 5.82 Å². The van der Waals surface area contributed by atoms with Crippen molar-refractivity contribution in [3.8, 4) is 0 Å². The average molecular weight is 561 g/mol. The van der Waals surface area contributed by atoms with Crippen molar-refractivity contribution in [1.82, 2.24) is 10.2 Å². The lowest BCUT2D eigenvalue weighted by Crippen LogP contribution is -2.49. The van der Waals surface area contributed by atoms with Crippen LogP contribution in [0.5, 0.6) is 0 Å². The first-order valence-corrected chi connectivity index (χ1v) is 14.9. The van der Waals surface area contributed by atoms with Crippen molar-refractivity contribution < 1.29 is 17.6 Å². The maximum atomic E-state index is 13.6. The molecule has 0 radical (unpaired) electrons. The van der Waals surface area contributed by atoms with Crippen molar-refractivity contribution in [3.63, 3.8) is 0 Å². The van der Waals surface area contributed by atoms with Gasteiger partial charge in [0.05, 0.1) is 16.3 Å². The van der Waals surface area contributed by atoms with Gasteiger partial charge in [0.15, 0.2) is 0 Å². The lowest BCUT2D eigenvalue weighted by atomic mass is 10.1. The third-order valence-electron chi connectivity index (χ3n) is 7.29. The maximum Gasteiger partial charge on any atom is 0.261 e. The van der Waals surface area contributed by atoms with Gasteiger partial charge in [-0.15, -0.1) is 0 Å². The molecule has 5 rings (SSSR count). The van der Waals surface area contributed by atoms with E-state index in [1.54, 1.807) is 48.5 Å². The smallest absolute Gasteiger partial charge is 0.261 e. The Balaban J connectivity index is 1.43. The number of amides is 1. The highest BCUT2D eigenvalue weighted by atomic mass is 32.2. The molecule has 0 unspecified atom stereocenters. The molecule has 0 spiro atoms. The molecule has 0 bridgehead atoms. The number of halogens is 1. The van der Waals surface area contributed by atoms with E-state index in [1.807, 2.05) is 24.3 Å². The summed E-state index contributed by atoms with van der Waals surface area (Å²) in [5.41, 5.74) is 2.15. The lowest BCUT2D eigenvalue weighted by Gasteiger charge is -2.38. The molecule has 1 aliphatic rings. The largest absolute Gasteiger partial charge is 0.367 e. The van der Waals surface area contributed by atoms with Crippen LogP contribution in [0.15, 0.2) is 89.8 Å².